The minimum Gasteiger partial charge on any atom is -0.464 e. The van der Waals surface area contributed by atoms with Crippen molar-refractivity contribution in [2.45, 2.75) is 6.54 Å². The van der Waals surface area contributed by atoms with Gasteiger partial charge in [0.1, 0.15) is 0 Å². The van der Waals surface area contributed by atoms with E-state index in [-0.39, 0.29) is 5.71 Å². The number of esters is 1. The van der Waals surface area contributed by atoms with E-state index in [0.717, 1.165) is 0 Å². The summed E-state index contributed by atoms with van der Waals surface area (Å²) < 4.78 is 4.36. The Bertz CT molecular complexity index is 430. The van der Waals surface area contributed by atoms with Crippen LogP contribution >= 0.6 is 0 Å². The van der Waals surface area contributed by atoms with Gasteiger partial charge in [0.05, 0.1) is 13.3 Å². The molecule has 96 valence electrons. The molecule has 0 aromatic heterocycles. The van der Waals surface area contributed by atoms with Crippen molar-refractivity contribution in [3.05, 3.63) is 35.9 Å². The number of hydrazone groups is 2. The van der Waals surface area contributed by atoms with Crippen molar-refractivity contribution in [3.8, 4) is 0 Å². The molecule has 0 atom stereocenters. The van der Waals surface area contributed by atoms with Crippen LogP contribution in [0.25, 0.3) is 0 Å². The predicted molar refractivity (Wildman–Crippen MR) is 68.5 cm³/mol. The van der Waals surface area contributed by atoms with Crippen LogP contribution in [-0.4, -0.2) is 25.0 Å². The lowest BCUT2D eigenvalue weighted by Gasteiger charge is -2.04. The molecule has 18 heavy (non-hydrogen) atoms. The molecular formula is C11H15N5O2. The predicted octanol–water partition coefficient (Wildman–Crippen LogP) is -0.246. The Morgan fingerprint density at radius 1 is 1.33 bits per heavy atom. The Hall–Kier alpha value is -2.41. The molecule has 1 aromatic rings. The average Bonchev–Trinajstić information content (AvgIpc) is 2.49. The third kappa shape index (κ3) is 4.62. The Morgan fingerprint density at radius 3 is 2.50 bits per heavy atom. The average molecular weight is 249 g/mol. The van der Waals surface area contributed by atoms with Gasteiger partial charge in [-0.05, 0) is 5.56 Å². The van der Waals surface area contributed by atoms with Gasteiger partial charge in [-0.2, -0.15) is 5.10 Å². The van der Waals surface area contributed by atoms with Gasteiger partial charge < -0.3 is 10.5 Å². The van der Waals surface area contributed by atoms with Gasteiger partial charge in [0.25, 0.3) is 0 Å². The summed E-state index contributed by atoms with van der Waals surface area (Å²) in [5.74, 6) is -0.516. The van der Waals surface area contributed by atoms with Crippen LogP contribution in [0.5, 0.6) is 0 Å². The number of hydrogen-bond donors (Lipinski definition) is 3. The third-order valence-electron chi connectivity index (χ3n) is 1.95. The molecule has 0 bridgehead atoms. The minimum atomic E-state index is -0.516. The number of hydrogen-bond acceptors (Lipinski definition) is 7. The summed E-state index contributed by atoms with van der Waals surface area (Å²) in [6.45, 7) is 0.640. The number of hydrazine groups is 1. The molecule has 1 heterocycles. The van der Waals surface area contributed by atoms with Gasteiger partial charge in [-0.1, -0.05) is 30.3 Å². The van der Waals surface area contributed by atoms with Gasteiger partial charge in [-0.25, -0.2) is 15.9 Å². The SMILES string of the molecule is COC(=O)C1=NNNN=C1.NCc1ccccc1. The highest BCUT2D eigenvalue weighted by atomic mass is 16.5. The van der Waals surface area contributed by atoms with Gasteiger partial charge in [0.15, 0.2) is 5.71 Å². The van der Waals surface area contributed by atoms with Crippen LogP contribution in [-0.2, 0) is 16.1 Å². The molecule has 1 aliphatic heterocycles. The third-order valence-corrected chi connectivity index (χ3v) is 1.95. The quantitative estimate of drug-likeness (QED) is 0.628. The number of rotatable bonds is 2. The number of benzene rings is 1. The molecular weight excluding hydrogens is 234 g/mol. The first-order valence-corrected chi connectivity index (χ1v) is 5.21. The monoisotopic (exact) mass is 249 g/mol. The van der Waals surface area contributed by atoms with Crippen molar-refractivity contribution >= 4 is 17.9 Å². The van der Waals surface area contributed by atoms with E-state index in [1.54, 1.807) is 0 Å². The van der Waals surface area contributed by atoms with Crippen LogP contribution in [0.4, 0.5) is 0 Å². The number of nitrogens with zero attached hydrogens (tertiary/aromatic N) is 2. The first-order chi connectivity index (χ1) is 8.77. The Balaban J connectivity index is 0.000000184. The molecule has 2 rings (SSSR count). The summed E-state index contributed by atoms with van der Waals surface area (Å²) in [4.78, 5) is 10.7. The number of carbonyl (C=O) groups is 1. The summed E-state index contributed by atoms with van der Waals surface area (Å²) in [5, 5.41) is 7.04. The fraction of sp³-hybridized carbons (Fsp3) is 0.182. The molecule has 0 amide bonds. The van der Waals surface area contributed by atoms with E-state index in [9.17, 15) is 4.79 Å². The fourth-order valence-corrected chi connectivity index (χ4v) is 1.05. The van der Waals surface area contributed by atoms with E-state index < -0.39 is 5.97 Å². The summed E-state index contributed by atoms with van der Waals surface area (Å²) in [5.41, 5.74) is 11.3. The summed E-state index contributed by atoms with van der Waals surface area (Å²) in [6.07, 6.45) is 1.27. The zero-order valence-electron chi connectivity index (χ0n) is 9.96. The van der Waals surface area contributed by atoms with E-state index in [1.807, 2.05) is 30.3 Å². The second kappa shape index (κ2) is 7.80. The van der Waals surface area contributed by atoms with Crippen molar-refractivity contribution < 1.29 is 9.53 Å². The van der Waals surface area contributed by atoms with E-state index in [4.69, 9.17) is 5.73 Å². The van der Waals surface area contributed by atoms with Crippen LogP contribution in [0.3, 0.4) is 0 Å². The van der Waals surface area contributed by atoms with Crippen LogP contribution in [0.2, 0.25) is 0 Å². The second-order valence-corrected chi connectivity index (χ2v) is 3.16. The van der Waals surface area contributed by atoms with Crippen molar-refractivity contribution in [3.63, 3.8) is 0 Å². The summed E-state index contributed by atoms with van der Waals surface area (Å²) in [6, 6.07) is 9.99. The largest absolute Gasteiger partial charge is 0.464 e. The normalized spacial score (nSPS) is 12.2. The van der Waals surface area contributed by atoms with E-state index >= 15 is 0 Å². The Labute approximate surface area is 105 Å². The molecule has 0 spiro atoms. The first kappa shape index (κ1) is 13.7. The fourth-order valence-electron chi connectivity index (χ4n) is 1.05. The Morgan fingerprint density at radius 2 is 2.06 bits per heavy atom. The number of nitrogens with one attached hydrogen (secondary N) is 2. The zero-order valence-corrected chi connectivity index (χ0v) is 9.96. The lowest BCUT2D eigenvalue weighted by atomic mass is 10.2. The highest BCUT2D eigenvalue weighted by molar-refractivity contribution is 6.59. The molecule has 0 fully saturated rings. The summed E-state index contributed by atoms with van der Waals surface area (Å²) >= 11 is 0. The van der Waals surface area contributed by atoms with Crippen LogP contribution in [0.15, 0.2) is 40.5 Å². The topological polar surface area (TPSA) is 101 Å². The zero-order chi connectivity index (χ0) is 13.2. The van der Waals surface area contributed by atoms with Crippen molar-refractivity contribution in [1.29, 1.82) is 0 Å². The molecule has 0 aliphatic carbocycles. The van der Waals surface area contributed by atoms with Crippen LogP contribution in [0.1, 0.15) is 5.56 Å². The van der Waals surface area contributed by atoms with Crippen LogP contribution in [0, 0.1) is 0 Å². The van der Waals surface area contributed by atoms with E-state index in [2.05, 4.69) is 26.0 Å². The molecule has 0 unspecified atom stereocenters. The van der Waals surface area contributed by atoms with Crippen molar-refractivity contribution in [2.24, 2.45) is 15.9 Å². The standard InChI is InChI=1S/C7H9N.C4H6N4O2/c8-6-7-4-2-1-3-5-7;1-10-4(9)3-2-5-7-8-6-3/h1-5H,6,8H2;2,7-8H,1H3. The maximum absolute atomic E-state index is 10.7. The minimum absolute atomic E-state index is 0.140. The van der Waals surface area contributed by atoms with E-state index in [1.165, 1.54) is 18.9 Å². The molecule has 1 aliphatic rings. The summed E-state index contributed by atoms with van der Waals surface area (Å²) in [7, 11) is 1.28. The molecule has 0 radical (unpaired) electrons. The number of ether oxygens (including phenoxy) is 1. The van der Waals surface area contributed by atoms with E-state index in [0.29, 0.717) is 6.54 Å². The highest BCUT2D eigenvalue weighted by Crippen LogP contribution is 1.94. The van der Waals surface area contributed by atoms with Gasteiger partial charge in [0, 0.05) is 6.54 Å². The Kier molecular flexibility index (Phi) is 5.91. The maximum Gasteiger partial charge on any atom is 0.360 e. The maximum atomic E-state index is 10.7. The lowest BCUT2D eigenvalue weighted by Crippen LogP contribution is -2.32. The van der Waals surface area contributed by atoms with Crippen LogP contribution < -0.4 is 16.8 Å². The highest BCUT2D eigenvalue weighted by Gasteiger charge is 2.10. The molecule has 4 N–H and O–H groups in total. The molecule has 0 saturated carbocycles. The molecule has 0 saturated heterocycles. The molecule has 7 heteroatoms. The first-order valence-electron chi connectivity index (χ1n) is 5.21. The number of nitrogens with two attached hydrogens (primary N) is 1. The van der Waals surface area contributed by atoms with Crippen molar-refractivity contribution in [1.82, 2.24) is 11.1 Å². The van der Waals surface area contributed by atoms with Gasteiger partial charge in [-0.3, -0.25) is 0 Å². The number of methoxy groups -OCH3 is 1. The second-order valence-electron chi connectivity index (χ2n) is 3.16. The van der Waals surface area contributed by atoms with Gasteiger partial charge in [0.2, 0.25) is 0 Å². The van der Waals surface area contributed by atoms with Gasteiger partial charge in [-0.15, -0.1) is 5.10 Å². The molecule has 7 nitrogen and oxygen atoms in total. The smallest absolute Gasteiger partial charge is 0.360 e. The van der Waals surface area contributed by atoms with Gasteiger partial charge >= 0.3 is 5.97 Å². The van der Waals surface area contributed by atoms with Crippen molar-refractivity contribution in [2.75, 3.05) is 7.11 Å². The molecule has 1 aromatic carbocycles. The number of carbonyl (C=O) groups excluding carboxylic acids is 1. The lowest BCUT2D eigenvalue weighted by molar-refractivity contribution is -0.132.